The lowest BCUT2D eigenvalue weighted by molar-refractivity contribution is 0.147. The molecular formula is C15H17N3O3. The third-order valence-corrected chi connectivity index (χ3v) is 2.75. The average molecular weight is 287 g/mol. The van der Waals surface area contributed by atoms with Crippen molar-refractivity contribution >= 4 is 6.09 Å². The van der Waals surface area contributed by atoms with Gasteiger partial charge in [0.15, 0.2) is 0 Å². The molecule has 21 heavy (non-hydrogen) atoms. The molecule has 3 N–H and O–H groups in total. The summed E-state index contributed by atoms with van der Waals surface area (Å²) in [5.41, 5.74) is 3.84. The highest BCUT2D eigenvalue weighted by molar-refractivity contribution is 5.66. The van der Waals surface area contributed by atoms with Crippen LogP contribution < -0.4 is 16.0 Å². The number of nitrogens with two attached hydrogens (primary N) is 1. The Morgan fingerprint density at radius 1 is 1.24 bits per heavy atom. The molecule has 2 rings (SSSR count). The topological polar surface area (TPSA) is 86.5 Å². The van der Waals surface area contributed by atoms with Gasteiger partial charge in [-0.2, -0.15) is 0 Å². The van der Waals surface area contributed by atoms with Crippen LogP contribution in [0.5, 0.6) is 11.6 Å². The van der Waals surface area contributed by atoms with Gasteiger partial charge in [-0.1, -0.05) is 18.2 Å². The number of nitrogens with zero attached hydrogens (tertiary/aromatic N) is 1. The molecule has 0 unspecified atom stereocenters. The molecule has 1 aromatic carbocycles. The Kier molecular flexibility index (Phi) is 5.11. The predicted octanol–water partition coefficient (Wildman–Crippen LogP) is 2.32. The van der Waals surface area contributed by atoms with E-state index < -0.39 is 6.09 Å². The number of carbonyl (C=O) groups excluding carboxylic acids is 1. The second-order valence-corrected chi connectivity index (χ2v) is 4.39. The zero-order valence-electron chi connectivity index (χ0n) is 11.7. The molecule has 0 radical (unpaired) electrons. The molecule has 0 fully saturated rings. The number of ether oxygens (including phenoxy) is 2. The van der Waals surface area contributed by atoms with E-state index in [0.29, 0.717) is 18.1 Å². The number of nitrogens with one attached hydrogen (secondary N) is 1. The van der Waals surface area contributed by atoms with E-state index in [4.69, 9.17) is 15.3 Å². The lowest BCUT2D eigenvalue weighted by Gasteiger charge is -2.07. The molecule has 0 bridgehead atoms. The number of aryl methyl sites for hydroxylation is 1. The van der Waals surface area contributed by atoms with Gasteiger partial charge in [0.1, 0.15) is 5.75 Å². The summed E-state index contributed by atoms with van der Waals surface area (Å²) in [5.74, 6) is 6.18. The molecule has 6 nitrogen and oxygen atoms in total. The fraction of sp³-hybridized carbons (Fsp3) is 0.200. The van der Waals surface area contributed by atoms with Crippen molar-refractivity contribution in [3.05, 3.63) is 53.7 Å². The first-order valence-electron chi connectivity index (χ1n) is 6.51. The summed E-state index contributed by atoms with van der Waals surface area (Å²) in [7, 11) is 0. The van der Waals surface area contributed by atoms with Gasteiger partial charge in [-0.25, -0.2) is 15.6 Å². The number of hydrogen-bond acceptors (Lipinski definition) is 5. The average Bonchev–Trinajstić information content (AvgIpc) is 2.49. The Labute approximate surface area is 122 Å². The minimum absolute atomic E-state index is 0.267. The van der Waals surface area contributed by atoms with Crippen molar-refractivity contribution in [3.63, 3.8) is 0 Å². The lowest BCUT2D eigenvalue weighted by Crippen LogP contribution is -2.31. The van der Waals surface area contributed by atoms with E-state index in [1.165, 1.54) is 0 Å². The number of benzene rings is 1. The van der Waals surface area contributed by atoms with E-state index >= 15 is 0 Å². The summed E-state index contributed by atoms with van der Waals surface area (Å²) in [4.78, 5) is 15.1. The number of carbonyl (C=O) groups is 1. The lowest BCUT2D eigenvalue weighted by atomic mass is 10.1. The SMILES string of the molecule is Cc1cccc(Oc2ccc(CCOC(=O)NN)cc2)n1. The second kappa shape index (κ2) is 7.25. The third kappa shape index (κ3) is 4.77. The molecule has 0 atom stereocenters. The van der Waals surface area contributed by atoms with Crippen molar-refractivity contribution in [2.75, 3.05) is 6.61 Å². The highest BCUT2D eigenvalue weighted by Gasteiger charge is 2.01. The molecule has 110 valence electrons. The maximum absolute atomic E-state index is 10.8. The van der Waals surface area contributed by atoms with Gasteiger partial charge in [0.05, 0.1) is 6.61 Å². The highest BCUT2D eigenvalue weighted by Crippen LogP contribution is 2.20. The Balaban J connectivity index is 1.88. The van der Waals surface area contributed by atoms with Gasteiger partial charge in [-0.05, 0) is 30.7 Å². The van der Waals surface area contributed by atoms with Crippen LogP contribution in [0.4, 0.5) is 4.79 Å². The normalized spacial score (nSPS) is 10.0. The molecule has 2 aromatic rings. The van der Waals surface area contributed by atoms with Crippen LogP contribution in [0, 0.1) is 6.92 Å². The molecule has 0 spiro atoms. The molecule has 1 amide bonds. The first-order valence-corrected chi connectivity index (χ1v) is 6.51. The predicted molar refractivity (Wildman–Crippen MR) is 77.9 cm³/mol. The van der Waals surface area contributed by atoms with E-state index in [0.717, 1.165) is 11.3 Å². The van der Waals surface area contributed by atoms with Gasteiger partial charge in [-0.15, -0.1) is 0 Å². The minimum Gasteiger partial charge on any atom is -0.448 e. The van der Waals surface area contributed by atoms with Crippen molar-refractivity contribution < 1.29 is 14.3 Å². The quantitative estimate of drug-likeness (QED) is 0.500. The smallest absolute Gasteiger partial charge is 0.421 e. The Morgan fingerprint density at radius 2 is 2.00 bits per heavy atom. The summed E-state index contributed by atoms with van der Waals surface area (Å²) in [6, 6.07) is 13.1. The summed E-state index contributed by atoms with van der Waals surface area (Å²) < 4.78 is 10.5. The minimum atomic E-state index is -0.638. The van der Waals surface area contributed by atoms with Crippen molar-refractivity contribution in [3.8, 4) is 11.6 Å². The molecule has 1 heterocycles. The molecule has 0 aliphatic heterocycles. The summed E-state index contributed by atoms with van der Waals surface area (Å²) in [6.45, 7) is 2.18. The number of aromatic nitrogens is 1. The maximum atomic E-state index is 10.8. The molecule has 0 aliphatic rings. The maximum Gasteiger partial charge on any atom is 0.421 e. The second-order valence-electron chi connectivity index (χ2n) is 4.39. The van der Waals surface area contributed by atoms with Crippen LogP contribution in [0.2, 0.25) is 0 Å². The van der Waals surface area contributed by atoms with Gasteiger partial charge in [-0.3, -0.25) is 5.43 Å². The van der Waals surface area contributed by atoms with Crippen LogP contribution in [0.3, 0.4) is 0 Å². The Morgan fingerprint density at radius 3 is 2.67 bits per heavy atom. The van der Waals surface area contributed by atoms with Crippen LogP contribution >= 0.6 is 0 Å². The highest BCUT2D eigenvalue weighted by atomic mass is 16.5. The van der Waals surface area contributed by atoms with Gasteiger partial charge in [0.25, 0.3) is 0 Å². The Bertz CT molecular complexity index is 599. The monoisotopic (exact) mass is 287 g/mol. The molecule has 6 heteroatoms. The van der Waals surface area contributed by atoms with Gasteiger partial charge in [0.2, 0.25) is 5.88 Å². The van der Waals surface area contributed by atoms with Gasteiger partial charge < -0.3 is 9.47 Å². The van der Waals surface area contributed by atoms with Crippen molar-refractivity contribution in [1.82, 2.24) is 10.4 Å². The standard InChI is InChI=1S/C15H17N3O3/c1-11-3-2-4-14(17-11)21-13-7-5-12(6-8-13)9-10-20-15(19)18-16/h2-8H,9-10,16H2,1H3,(H,18,19). The molecule has 0 aliphatic carbocycles. The van der Waals surface area contributed by atoms with Gasteiger partial charge >= 0.3 is 6.09 Å². The van der Waals surface area contributed by atoms with Crippen LogP contribution in [0.25, 0.3) is 0 Å². The summed E-state index contributed by atoms with van der Waals surface area (Å²) in [5, 5.41) is 0. The van der Waals surface area contributed by atoms with Crippen LogP contribution in [0.15, 0.2) is 42.5 Å². The van der Waals surface area contributed by atoms with Crippen LogP contribution in [0.1, 0.15) is 11.3 Å². The first kappa shape index (κ1) is 14.8. The molecule has 0 saturated carbocycles. The fourth-order valence-corrected chi connectivity index (χ4v) is 1.72. The first-order chi connectivity index (χ1) is 10.2. The number of hydrogen-bond donors (Lipinski definition) is 2. The number of hydrazine groups is 1. The molecular weight excluding hydrogens is 270 g/mol. The van der Waals surface area contributed by atoms with Crippen molar-refractivity contribution in [1.29, 1.82) is 0 Å². The largest absolute Gasteiger partial charge is 0.448 e. The van der Waals surface area contributed by atoms with E-state index in [-0.39, 0.29) is 6.61 Å². The number of amides is 1. The fourth-order valence-electron chi connectivity index (χ4n) is 1.72. The van der Waals surface area contributed by atoms with Crippen LogP contribution in [-0.4, -0.2) is 17.7 Å². The van der Waals surface area contributed by atoms with E-state index in [1.807, 2.05) is 48.7 Å². The third-order valence-electron chi connectivity index (χ3n) is 2.75. The van der Waals surface area contributed by atoms with Crippen LogP contribution in [-0.2, 0) is 11.2 Å². The molecule has 1 aromatic heterocycles. The number of pyridine rings is 1. The van der Waals surface area contributed by atoms with E-state index in [2.05, 4.69) is 4.98 Å². The van der Waals surface area contributed by atoms with E-state index in [9.17, 15) is 4.79 Å². The van der Waals surface area contributed by atoms with Crippen molar-refractivity contribution in [2.24, 2.45) is 5.84 Å². The zero-order valence-corrected chi connectivity index (χ0v) is 11.7. The zero-order chi connectivity index (χ0) is 15.1. The van der Waals surface area contributed by atoms with Crippen molar-refractivity contribution in [2.45, 2.75) is 13.3 Å². The Hall–Kier alpha value is -2.60. The van der Waals surface area contributed by atoms with Gasteiger partial charge in [0, 0.05) is 18.2 Å². The molecule has 0 saturated heterocycles. The summed E-state index contributed by atoms with van der Waals surface area (Å²) >= 11 is 0. The summed E-state index contributed by atoms with van der Waals surface area (Å²) in [6.07, 6.45) is -0.0309. The number of rotatable bonds is 5. The van der Waals surface area contributed by atoms with E-state index in [1.54, 1.807) is 6.07 Å².